The number of hydrogen-bond acceptors (Lipinski definition) is 5. The minimum Gasteiger partial charge on any atom is -0.316 e. The number of aromatic nitrogens is 1. The number of rotatable bonds is 7. The molecule has 6 heteroatoms. The van der Waals surface area contributed by atoms with E-state index >= 15 is 0 Å². The van der Waals surface area contributed by atoms with Gasteiger partial charge in [0.15, 0.2) is 0 Å². The van der Waals surface area contributed by atoms with Crippen molar-refractivity contribution in [1.29, 1.82) is 0 Å². The van der Waals surface area contributed by atoms with E-state index in [0.29, 0.717) is 0 Å². The van der Waals surface area contributed by atoms with Gasteiger partial charge < -0.3 is 5.32 Å². The Morgan fingerprint density at radius 1 is 1.30 bits per heavy atom. The standard InChI is InChI=1S/C14H17N3O2S/c1-2-8-15-9-7-14-16-13(10-20-14)11-3-5-12(6-4-11)17(18)19/h3-6,10,15H,2,7-9H2,1H3. The van der Waals surface area contributed by atoms with Crippen molar-refractivity contribution in [1.82, 2.24) is 10.3 Å². The SMILES string of the molecule is CCCNCCc1nc(-c2ccc([N+](=O)[O-])cc2)cs1. The molecule has 0 saturated heterocycles. The molecule has 106 valence electrons. The third-order valence-corrected chi connectivity index (χ3v) is 3.78. The molecule has 1 N–H and O–H groups in total. The number of thiazole rings is 1. The van der Waals surface area contributed by atoms with E-state index in [0.717, 1.165) is 42.2 Å². The number of nitro benzene ring substituents is 1. The van der Waals surface area contributed by atoms with E-state index in [1.165, 1.54) is 12.1 Å². The zero-order valence-electron chi connectivity index (χ0n) is 11.3. The molecule has 2 rings (SSSR count). The highest BCUT2D eigenvalue weighted by Crippen LogP contribution is 2.24. The lowest BCUT2D eigenvalue weighted by Crippen LogP contribution is -2.17. The van der Waals surface area contributed by atoms with Crippen LogP contribution in [0.25, 0.3) is 11.3 Å². The second-order valence-corrected chi connectivity index (χ2v) is 5.37. The third kappa shape index (κ3) is 3.85. The molecule has 0 atom stereocenters. The normalized spacial score (nSPS) is 10.7. The van der Waals surface area contributed by atoms with Gasteiger partial charge in [-0.2, -0.15) is 0 Å². The quantitative estimate of drug-likeness (QED) is 0.483. The summed E-state index contributed by atoms with van der Waals surface area (Å²) < 4.78 is 0. The van der Waals surface area contributed by atoms with Gasteiger partial charge in [0.1, 0.15) is 0 Å². The average molecular weight is 291 g/mol. The maximum atomic E-state index is 10.6. The molecular weight excluding hydrogens is 274 g/mol. The van der Waals surface area contributed by atoms with Crippen LogP contribution in [0.2, 0.25) is 0 Å². The molecule has 2 aromatic rings. The molecule has 0 aliphatic rings. The number of benzene rings is 1. The minimum atomic E-state index is -0.393. The molecule has 0 aliphatic heterocycles. The number of nitrogens with zero attached hydrogens (tertiary/aromatic N) is 2. The summed E-state index contributed by atoms with van der Waals surface area (Å²) >= 11 is 1.63. The third-order valence-electron chi connectivity index (χ3n) is 2.87. The van der Waals surface area contributed by atoms with Gasteiger partial charge in [0, 0.05) is 36.0 Å². The lowest BCUT2D eigenvalue weighted by Gasteiger charge is -1.99. The van der Waals surface area contributed by atoms with E-state index in [1.54, 1.807) is 23.5 Å². The molecule has 20 heavy (non-hydrogen) atoms. The van der Waals surface area contributed by atoms with Gasteiger partial charge in [-0.25, -0.2) is 4.98 Å². The van der Waals surface area contributed by atoms with Crippen molar-refractivity contribution in [3.8, 4) is 11.3 Å². The summed E-state index contributed by atoms with van der Waals surface area (Å²) in [6, 6.07) is 6.51. The highest BCUT2D eigenvalue weighted by atomic mass is 32.1. The van der Waals surface area contributed by atoms with E-state index in [4.69, 9.17) is 0 Å². The van der Waals surface area contributed by atoms with Crippen LogP contribution in [-0.4, -0.2) is 23.0 Å². The lowest BCUT2D eigenvalue weighted by atomic mass is 10.1. The highest BCUT2D eigenvalue weighted by Gasteiger charge is 2.08. The van der Waals surface area contributed by atoms with Crippen LogP contribution in [0.4, 0.5) is 5.69 Å². The predicted octanol–water partition coefficient (Wildman–Crippen LogP) is 3.26. The molecule has 0 aliphatic carbocycles. The lowest BCUT2D eigenvalue weighted by molar-refractivity contribution is -0.384. The molecule has 0 amide bonds. The van der Waals surface area contributed by atoms with Crippen LogP contribution < -0.4 is 5.32 Å². The molecule has 1 aromatic heterocycles. The van der Waals surface area contributed by atoms with Crippen molar-refractivity contribution in [2.24, 2.45) is 0 Å². The van der Waals surface area contributed by atoms with Crippen molar-refractivity contribution in [3.63, 3.8) is 0 Å². The van der Waals surface area contributed by atoms with Gasteiger partial charge in [0.25, 0.3) is 5.69 Å². The number of hydrogen-bond donors (Lipinski definition) is 1. The maximum Gasteiger partial charge on any atom is 0.269 e. The number of non-ortho nitro benzene ring substituents is 1. The number of nitro groups is 1. The summed E-state index contributed by atoms with van der Waals surface area (Å²) in [5.74, 6) is 0. The predicted molar refractivity (Wildman–Crippen MR) is 81.1 cm³/mol. The van der Waals surface area contributed by atoms with Crippen LogP contribution in [0.15, 0.2) is 29.6 Å². The minimum absolute atomic E-state index is 0.105. The van der Waals surface area contributed by atoms with E-state index in [2.05, 4.69) is 17.2 Å². The first-order valence-electron chi connectivity index (χ1n) is 6.60. The molecule has 1 heterocycles. The molecule has 0 bridgehead atoms. The van der Waals surface area contributed by atoms with Crippen molar-refractivity contribution in [2.45, 2.75) is 19.8 Å². The van der Waals surface area contributed by atoms with Gasteiger partial charge in [0.05, 0.1) is 15.6 Å². The van der Waals surface area contributed by atoms with E-state index < -0.39 is 4.92 Å². The summed E-state index contributed by atoms with van der Waals surface area (Å²) in [6.45, 7) is 4.10. The van der Waals surface area contributed by atoms with E-state index in [-0.39, 0.29) is 5.69 Å². The summed E-state index contributed by atoms with van der Waals surface area (Å²) in [5, 5.41) is 17.0. The first-order valence-corrected chi connectivity index (χ1v) is 7.48. The topological polar surface area (TPSA) is 68.1 Å². The second-order valence-electron chi connectivity index (χ2n) is 4.43. The van der Waals surface area contributed by atoms with E-state index in [1.807, 2.05) is 5.38 Å². The molecule has 5 nitrogen and oxygen atoms in total. The molecular formula is C14H17N3O2S. The van der Waals surface area contributed by atoms with Gasteiger partial charge in [-0.05, 0) is 25.1 Å². The van der Waals surface area contributed by atoms with Crippen molar-refractivity contribution in [3.05, 3.63) is 44.8 Å². The maximum absolute atomic E-state index is 10.6. The van der Waals surface area contributed by atoms with Gasteiger partial charge in [-0.15, -0.1) is 11.3 Å². The number of nitrogens with one attached hydrogen (secondary N) is 1. The highest BCUT2D eigenvalue weighted by molar-refractivity contribution is 7.09. The Morgan fingerprint density at radius 3 is 2.70 bits per heavy atom. The monoisotopic (exact) mass is 291 g/mol. The Bertz CT molecular complexity index is 566. The zero-order chi connectivity index (χ0) is 14.4. The summed E-state index contributed by atoms with van der Waals surface area (Å²) in [7, 11) is 0. The van der Waals surface area contributed by atoms with Crippen LogP contribution in [0.5, 0.6) is 0 Å². The molecule has 0 spiro atoms. The summed E-state index contributed by atoms with van der Waals surface area (Å²) in [6.07, 6.45) is 2.05. The van der Waals surface area contributed by atoms with Gasteiger partial charge in [-0.3, -0.25) is 10.1 Å². The molecule has 0 saturated carbocycles. The van der Waals surface area contributed by atoms with Gasteiger partial charge in [0.2, 0.25) is 0 Å². The fourth-order valence-electron chi connectivity index (χ4n) is 1.81. The van der Waals surface area contributed by atoms with Crippen molar-refractivity contribution >= 4 is 17.0 Å². The van der Waals surface area contributed by atoms with E-state index in [9.17, 15) is 10.1 Å². The first kappa shape index (κ1) is 14.6. The van der Waals surface area contributed by atoms with Crippen LogP contribution >= 0.6 is 11.3 Å². The largest absolute Gasteiger partial charge is 0.316 e. The van der Waals surface area contributed by atoms with Crippen LogP contribution in [0.1, 0.15) is 18.4 Å². The van der Waals surface area contributed by atoms with Gasteiger partial charge >= 0.3 is 0 Å². The molecule has 0 fully saturated rings. The average Bonchev–Trinajstić information content (AvgIpc) is 2.92. The van der Waals surface area contributed by atoms with Crippen LogP contribution in [0, 0.1) is 10.1 Å². The Morgan fingerprint density at radius 2 is 2.05 bits per heavy atom. The smallest absolute Gasteiger partial charge is 0.269 e. The fourth-order valence-corrected chi connectivity index (χ4v) is 2.62. The Labute approximate surface area is 121 Å². The van der Waals surface area contributed by atoms with Crippen LogP contribution in [0.3, 0.4) is 0 Å². The second kappa shape index (κ2) is 7.12. The zero-order valence-corrected chi connectivity index (χ0v) is 12.2. The molecule has 1 aromatic carbocycles. The van der Waals surface area contributed by atoms with Crippen molar-refractivity contribution < 1.29 is 4.92 Å². The Balaban J connectivity index is 1.99. The Kier molecular flexibility index (Phi) is 5.20. The molecule has 0 radical (unpaired) electrons. The van der Waals surface area contributed by atoms with Crippen LogP contribution in [-0.2, 0) is 6.42 Å². The summed E-state index contributed by atoms with van der Waals surface area (Å²) in [5.41, 5.74) is 1.91. The fraction of sp³-hybridized carbons (Fsp3) is 0.357. The molecule has 0 unspecified atom stereocenters. The van der Waals surface area contributed by atoms with Gasteiger partial charge in [-0.1, -0.05) is 6.92 Å². The first-order chi connectivity index (χ1) is 9.70. The van der Waals surface area contributed by atoms with Crippen molar-refractivity contribution in [2.75, 3.05) is 13.1 Å². The Hall–Kier alpha value is -1.79. The summed E-state index contributed by atoms with van der Waals surface area (Å²) in [4.78, 5) is 14.8.